The van der Waals surface area contributed by atoms with Crippen molar-refractivity contribution in [1.29, 1.82) is 5.41 Å². The topological polar surface area (TPSA) is 279 Å². The molecule has 1 aromatic rings. The van der Waals surface area contributed by atoms with Gasteiger partial charge in [0.1, 0.15) is 12.6 Å². The lowest BCUT2D eigenvalue weighted by Crippen LogP contribution is -2.20. The first-order valence-electron chi connectivity index (χ1n) is 6.10. The molecule has 0 bridgehead atoms. The Bertz CT molecular complexity index is 433. The minimum atomic E-state index is -0.333. The van der Waals surface area contributed by atoms with E-state index in [0.29, 0.717) is 19.3 Å². The third-order valence-electron chi connectivity index (χ3n) is 1.33. The summed E-state index contributed by atoms with van der Waals surface area (Å²) in [6.45, 7) is 0. The van der Waals surface area contributed by atoms with Gasteiger partial charge < -0.3 is 49.7 Å². The van der Waals surface area contributed by atoms with E-state index in [-0.39, 0.29) is 28.9 Å². The molecular formula is C10H23N11O2S. The van der Waals surface area contributed by atoms with Gasteiger partial charge in [-0.1, -0.05) is 0 Å². The van der Waals surface area contributed by atoms with Crippen molar-refractivity contribution in [2.75, 3.05) is 17.2 Å². The molecule has 15 N–H and O–H groups in total. The van der Waals surface area contributed by atoms with Crippen LogP contribution in [0.1, 0.15) is 19.3 Å². The first kappa shape index (κ1) is 25.7. The molecule has 0 atom stereocenters. The number of hydrogen-bond donors (Lipinski definition) is 8. The molecule has 0 fully saturated rings. The number of nitrogen functional groups attached to an aromatic ring is 3. The van der Waals surface area contributed by atoms with Gasteiger partial charge in [0, 0.05) is 12.8 Å². The maximum absolute atomic E-state index is 9.56. The highest BCUT2D eigenvalue weighted by atomic mass is 32.1. The number of hydrogen-bond acceptors (Lipinski definition) is 10. The highest BCUT2D eigenvalue weighted by Gasteiger charge is 1.93. The Morgan fingerprint density at radius 1 is 0.875 bits per heavy atom. The summed E-state index contributed by atoms with van der Waals surface area (Å²) in [5.41, 5.74) is 33.6. The summed E-state index contributed by atoms with van der Waals surface area (Å²) < 4.78 is 0. The van der Waals surface area contributed by atoms with Gasteiger partial charge in [-0.2, -0.15) is 15.0 Å². The number of guanidine groups is 1. The van der Waals surface area contributed by atoms with E-state index in [2.05, 4.69) is 50.1 Å². The molecule has 0 aliphatic heterocycles. The van der Waals surface area contributed by atoms with Gasteiger partial charge in [-0.25, -0.2) is 0 Å². The fraction of sp³-hybridized carbons (Fsp3) is 0.300. The molecule has 0 aliphatic carbocycles. The smallest absolute Gasteiger partial charge is 0.226 e. The fourth-order valence-corrected chi connectivity index (χ4v) is 0.712. The summed E-state index contributed by atoms with van der Waals surface area (Å²) in [5, 5.41) is 6.06. The molecule has 0 aliphatic rings. The number of nitrogens with one attached hydrogen (secondary N) is 1. The molecule has 1 heterocycles. The van der Waals surface area contributed by atoms with E-state index >= 15 is 0 Å². The van der Waals surface area contributed by atoms with Gasteiger partial charge in [0.05, 0.1) is 0 Å². The van der Waals surface area contributed by atoms with Crippen LogP contribution in [0.5, 0.6) is 0 Å². The minimum absolute atomic E-state index is 0.000000000000000222. The van der Waals surface area contributed by atoms with Crippen molar-refractivity contribution in [3.05, 3.63) is 0 Å². The van der Waals surface area contributed by atoms with Crippen LogP contribution in [-0.4, -0.2) is 38.6 Å². The van der Waals surface area contributed by atoms with Crippen molar-refractivity contribution in [2.45, 2.75) is 19.3 Å². The van der Waals surface area contributed by atoms with Crippen LogP contribution in [0.3, 0.4) is 0 Å². The van der Waals surface area contributed by atoms with Gasteiger partial charge in [-0.15, -0.1) is 0 Å². The van der Waals surface area contributed by atoms with E-state index in [9.17, 15) is 9.59 Å². The van der Waals surface area contributed by atoms with Crippen molar-refractivity contribution in [1.82, 2.24) is 15.0 Å². The number of rotatable bonds is 4. The second-order valence-corrected chi connectivity index (χ2v) is 4.00. The molecule has 0 aromatic carbocycles. The normalized spacial score (nSPS) is 7.83. The summed E-state index contributed by atoms with van der Waals surface area (Å²) in [7, 11) is 0. The predicted molar refractivity (Wildman–Crippen MR) is 96.1 cm³/mol. The van der Waals surface area contributed by atoms with Crippen LogP contribution in [0.2, 0.25) is 0 Å². The molecule has 24 heavy (non-hydrogen) atoms. The minimum Gasteiger partial charge on any atom is -0.377 e. The quantitative estimate of drug-likeness (QED) is 0.0884. The SMILES string of the molecule is N=C(N)N.NC(N)=S.Nc1nc(N)nc(N)n1.O=CCCCC=O. The summed E-state index contributed by atoms with van der Waals surface area (Å²) in [5.74, 6) is -0.208. The summed E-state index contributed by atoms with van der Waals surface area (Å²) in [6, 6.07) is 0. The van der Waals surface area contributed by atoms with Crippen molar-refractivity contribution in [3.63, 3.8) is 0 Å². The first-order valence-corrected chi connectivity index (χ1v) is 6.51. The van der Waals surface area contributed by atoms with Crippen molar-refractivity contribution in [2.24, 2.45) is 22.9 Å². The van der Waals surface area contributed by atoms with Gasteiger partial charge >= 0.3 is 0 Å². The van der Waals surface area contributed by atoms with Gasteiger partial charge in [-0.3, -0.25) is 5.41 Å². The van der Waals surface area contributed by atoms with Gasteiger partial charge in [-0.05, 0) is 18.6 Å². The third kappa shape index (κ3) is 36.3. The average molecular weight is 361 g/mol. The van der Waals surface area contributed by atoms with Crippen LogP contribution in [-0.2, 0) is 9.59 Å². The van der Waals surface area contributed by atoms with Crippen LogP contribution in [0, 0.1) is 5.41 Å². The fourth-order valence-electron chi connectivity index (χ4n) is 0.712. The number of thiocarbonyl (C=S) groups is 1. The van der Waals surface area contributed by atoms with E-state index in [1.807, 2.05) is 0 Å². The van der Waals surface area contributed by atoms with E-state index in [1.54, 1.807) is 0 Å². The Labute approximate surface area is 143 Å². The predicted octanol–water partition coefficient (Wildman–Crippen LogP) is -2.80. The third-order valence-corrected chi connectivity index (χ3v) is 1.33. The summed E-state index contributed by atoms with van der Waals surface area (Å²) in [4.78, 5) is 29.6. The highest BCUT2D eigenvalue weighted by molar-refractivity contribution is 7.80. The average Bonchev–Trinajstić information content (AvgIpc) is 2.37. The van der Waals surface area contributed by atoms with Crippen molar-refractivity contribution >= 4 is 53.7 Å². The molecule has 13 nitrogen and oxygen atoms in total. The Hall–Kier alpha value is -3.29. The Morgan fingerprint density at radius 3 is 1.25 bits per heavy atom. The first-order chi connectivity index (χ1) is 11.1. The molecular weight excluding hydrogens is 338 g/mol. The van der Waals surface area contributed by atoms with E-state index in [0.717, 1.165) is 12.6 Å². The van der Waals surface area contributed by atoms with Gasteiger partial charge in [0.2, 0.25) is 17.8 Å². The number of nitrogens with two attached hydrogens (primary N) is 7. The highest BCUT2D eigenvalue weighted by Crippen LogP contribution is 1.97. The second kappa shape index (κ2) is 17.8. The maximum Gasteiger partial charge on any atom is 0.226 e. The maximum atomic E-state index is 9.56. The number of unbranched alkanes of at least 4 members (excludes halogenated alkanes) is 2. The van der Waals surface area contributed by atoms with Crippen LogP contribution < -0.4 is 40.1 Å². The lowest BCUT2D eigenvalue weighted by atomic mass is 10.3. The number of carbonyl (C=O) groups excluding carboxylic acids is 2. The number of carbonyl (C=O) groups is 2. The molecule has 0 saturated carbocycles. The van der Waals surface area contributed by atoms with Crippen molar-refractivity contribution < 1.29 is 9.59 Å². The monoisotopic (exact) mass is 361 g/mol. The van der Waals surface area contributed by atoms with Gasteiger partial charge in [0.15, 0.2) is 11.1 Å². The Balaban J connectivity index is -0.000000263. The second-order valence-electron chi connectivity index (χ2n) is 3.53. The van der Waals surface area contributed by atoms with Crippen LogP contribution in [0.4, 0.5) is 17.8 Å². The standard InChI is InChI=1S/C5H8O2.C3H6N6.CH5N3.CH4N2S/c6-4-2-1-3-5-7;4-1-7-2(5)9-3(6)8-1;2*2-1(3)4/h4-5H,1-3H2;(H6,4,5,6,7,8,9);(H5,2,3,4);(H4,2,3,4). The van der Waals surface area contributed by atoms with E-state index in [4.69, 9.17) is 22.6 Å². The number of aldehydes is 2. The van der Waals surface area contributed by atoms with E-state index < -0.39 is 0 Å². The zero-order chi connectivity index (χ0) is 19.5. The Kier molecular flexibility index (Phi) is 19.0. The lowest BCUT2D eigenvalue weighted by Gasteiger charge is -1.93. The molecule has 0 unspecified atom stereocenters. The van der Waals surface area contributed by atoms with Crippen LogP contribution in [0.25, 0.3) is 0 Å². The molecule has 136 valence electrons. The van der Waals surface area contributed by atoms with E-state index in [1.165, 1.54) is 0 Å². The molecule has 0 saturated heterocycles. The zero-order valence-electron chi connectivity index (χ0n) is 12.9. The molecule has 0 amide bonds. The molecule has 0 radical (unpaired) electrons. The number of aromatic nitrogens is 3. The number of anilines is 3. The largest absolute Gasteiger partial charge is 0.377 e. The molecule has 1 rings (SSSR count). The molecule has 1 aromatic heterocycles. The number of nitrogens with zero attached hydrogens (tertiary/aromatic N) is 3. The zero-order valence-corrected chi connectivity index (χ0v) is 13.7. The molecule has 14 heteroatoms. The van der Waals surface area contributed by atoms with Crippen LogP contribution in [0.15, 0.2) is 0 Å². The molecule has 0 spiro atoms. The Morgan fingerprint density at radius 2 is 1.08 bits per heavy atom. The summed E-state index contributed by atoms with van der Waals surface area (Å²) >= 11 is 4.09. The van der Waals surface area contributed by atoms with Gasteiger partial charge in [0.25, 0.3) is 0 Å². The van der Waals surface area contributed by atoms with Crippen molar-refractivity contribution in [3.8, 4) is 0 Å². The summed E-state index contributed by atoms with van der Waals surface area (Å²) in [6.07, 6.45) is 3.37. The van der Waals surface area contributed by atoms with Crippen LogP contribution >= 0.6 is 12.2 Å². The lowest BCUT2D eigenvalue weighted by molar-refractivity contribution is -0.108.